The van der Waals surface area contributed by atoms with Crippen molar-refractivity contribution in [3.05, 3.63) is 0 Å². The predicted octanol–water partition coefficient (Wildman–Crippen LogP) is 1.02. The van der Waals surface area contributed by atoms with Crippen LogP contribution in [0.25, 0.3) is 0 Å². The highest BCUT2D eigenvalue weighted by atomic mass is 16.2. The molecule has 0 radical (unpaired) electrons. The van der Waals surface area contributed by atoms with Crippen molar-refractivity contribution in [3.8, 4) is 0 Å². The first-order valence-electron chi connectivity index (χ1n) is 8.62. The lowest BCUT2D eigenvalue weighted by molar-refractivity contribution is -0.119. The first-order valence-corrected chi connectivity index (χ1v) is 8.62. The van der Waals surface area contributed by atoms with E-state index in [4.69, 9.17) is 5.73 Å². The number of hydrogen-bond acceptors (Lipinski definition) is 3. The highest BCUT2D eigenvalue weighted by Crippen LogP contribution is 2.20. The molecule has 0 aliphatic carbocycles. The molecule has 0 unspecified atom stereocenters. The van der Waals surface area contributed by atoms with Crippen molar-refractivity contribution in [2.24, 2.45) is 17.6 Å². The smallest absolute Gasteiger partial charge is 0.317 e. The SMILES string of the molecule is CCCN1CC[C@H](CNC(=O)N2CCC(CC(N)=O)CC2)C1. The summed E-state index contributed by atoms with van der Waals surface area (Å²) in [4.78, 5) is 27.5. The number of piperidine rings is 1. The molecule has 6 heteroatoms. The molecule has 0 spiro atoms. The summed E-state index contributed by atoms with van der Waals surface area (Å²) in [6.45, 7) is 7.88. The third-order valence-corrected chi connectivity index (χ3v) is 4.84. The topological polar surface area (TPSA) is 78.7 Å². The number of rotatable bonds is 6. The van der Waals surface area contributed by atoms with E-state index in [0.29, 0.717) is 18.3 Å². The Morgan fingerprint density at radius 3 is 2.45 bits per heavy atom. The summed E-state index contributed by atoms with van der Waals surface area (Å²) in [5.74, 6) is 0.697. The number of likely N-dealkylation sites (tertiary alicyclic amines) is 2. The van der Waals surface area contributed by atoms with Crippen molar-refractivity contribution in [1.82, 2.24) is 15.1 Å². The van der Waals surface area contributed by atoms with Crippen molar-refractivity contribution in [1.29, 1.82) is 0 Å². The fourth-order valence-corrected chi connectivity index (χ4v) is 3.57. The lowest BCUT2D eigenvalue weighted by Gasteiger charge is -2.31. The van der Waals surface area contributed by atoms with Gasteiger partial charge in [0.1, 0.15) is 0 Å². The number of nitrogens with two attached hydrogens (primary N) is 1. The van der Waals surface area contributed by atoms with E-state index in [9.17, 15) is 9.59 Å². The van der Waals surface area contributed by atoms with Crippen molar-refractivity contribution < 1.29 is 9.59 Å². The maximum Gasteiger partial charge on any atom is 0.317 e. The van der Waals surface area contributed by atoms with Crippen LogP contribution in [0, 0.1) is 11.8 Å². The lowest BCUT2D eigenvalue weighted by atomic mass is 9.93. The van der Waals surface area contributed by atoms with E-state index in [1.807, 2.05) is 4.90 Å². The molecule has 6 nitrogen and oxygen atoms in total. The van der Waals surface area contributed by atoms with Gasteiger partial charge in [0.2, 0.25) is 5.91 Å². The molecule has 0 aromatic heterocycles. The van der Waals surface area contributed by atoms with Crippen molar-refractivity contribution in [2.75, 3.05) is 39.3 Å². The molecular weight excluding hydrogens is 280 g/mol. The maximum atomic E-state index is 12.2. The molecule has 2 fully saturated rings. The molecule has 22 heavy (non-hydrogen) atoms. The van der Waals surface area contributed by atoms with E-state index in [0.717, 1.165) is 52.1 Å². The zero-order valence-electron chi connectivity index (χ0n) is 13.7. The lowest BCUT2D eigenvalue weighted by Crippen LogP contribution is -2.46. The van der Waals surface area contributed by atoms with Gasteiger partial charge in [-0.1, -0.05) is 6.92 Å². The van der Waals surface area contributed by atoms with E-state index in [1.54, 1.807) is 0 Å². The van der Waals surface area contributed by atoms with Crippen LogP contribution in [0.2, 0.25) is 0 Å². The monoisotopic (exact) mass is 310 g/mol. The summed E-state index contributed by atoms with van der Waals surface area (Å²) < 4.78 is 0. The third-order valence-electron chi connectivity index (χ3n) is 4.84. The van der Waals surface area contributed by atoms with Crippen LogP contribution in [-0.4, -0.2) is 61.0 Å². The van der Waals surface area contributed by atoms with Crippen molar-refractivity contribution in [2.45, 2.75) is 39.0 Å². The Morgan fingerprint density at radius 1 is 1.14 bits per heavy atom. The Kier molecular flexibility index (Phi) is 6.49. The minimum Gasteiger partial charge on any atom is -0.370 e. The van der Waals surface area contributed by atoms with Crippen LogP contribution < -0.4 is 11.1 Å². The summed E-state index contributed by atoms with van der Waals surface area (Å²) >= 11 is 0. The molecule has 2 rings (SSSR count). The van der Waals surface area contributed by atoms with Crippen LogP contribution in [-0.2, 0) is 4.79 Å². The number of nitrogens with zero attached hydrogens (tertiary/aromatic N) is 2. The fraction of sp³-hybridized carbons (Fsp3) is 0.875. The largest absolute Gasteiger partial charge is 0.370 e. The Hall–Kier alpha value is -1.30. The van der Waals surface area contributed by atoms with Gasteiger partial charge in [-0.2, -0.15) is 0 Å². The molecule has 1 atom stereocenters. The molecular formula is C16H30N4O2. The summed E-state index contributed by atoms with van der Waals surface area (Å²) in [6, 6.07) is 0.0477. The van der Waals surface area contributed by atoms with Gasteiger partial charge in [0.25, 0.3) is 0 Å². The fourth-order valence-electron chi connectivity index (χ4n) is 3.57. The highest BCUT2D eigenvalue weighted by molar-refractivity contribution is 5.75. The molecule has 0 aromatic rings. The first-order chi connectivity index (χ1) is 10.6. The average molecular weight is 310 g/mol. The first kappa shape index (κ1) is 17.1. The maximum absolute atomic E-state index is 12.2. The normalized spacial score (nSPS) is 23.7. The van der Waals surface area contributed by atoms with Gasteiger partial charge in [-0.15, -0.1) is 0 Å². The van der Waals surface area contributed by atoms with Gasteiger partial charge in [-0.05, 0) is 50.6 Å². The van der Waals surface area contributed by atoms with Gasteiger partial charge >= 0.3 is 6.03 Å². The Labute approximate surface area is 133 Å². The minimum atomic E-state index is -0.235. The van der Waals surface area contributed by atoms with E-state index in [-0.39, 0.29) is 11.9 Å². The van der Waals surface area contributed by atoms with Crippen LogP contribution in [0.5, 0.6) is 0 Å². The van der Waals surface area contributed by atoms with Crippen LogP contribution >= 0.6 is 0 Å². The van der Waals surface area contributed by atoms with E-state index in [2.05, 4.69) is 17.1 Å². The second-order valence-electron chi connectivity index (χ2n) is 6.74. The molecule has 2 aliphatic heterocycles. The second kappa shape index (κ2) is 8.36. The Bertz CT molecular complexity index is 380. The zero-order chi connectivity index (χ0) is 15.9. The zero-order valence-corrected chi connectivity index (χ0v) is 13.7. The summed E-state index contributed by atoms with van der Waals surface area (Å²) in [5.41, 5.74) is 5.23. The van der Waals surface area contributed by atoms with E-state index >= 15 is 0 Å². The molecule has 2 aliphatic rings. The molecule has 2 saturated heterocycles. The van der Waals surface area contributed by atoms with E-state index < -0.39 is 0 Å². The quantitative estimate of drug-likeness (QED) is 0.768. The summed E-state index contributed by atoms with van der Waals surface area (Å²) in [5, 5.41) is 3.08. The van der Waals surface area contributed by atoms with Crippen LogP contribution in [0.3, 0.4) is 0 Å². The van der Waals surface area contributed by atoms with Gasteiger partial charge in [-0.25, -0.2) is 4.79 Å². The number of hydrogen-bond donors (Lipinski definition) is 2. The van der Waals surface area contributed by atoms with Gasteiger partial charge in [0, 0.05) is 32.6 Å². The number of nitrogens with one attached hydrogen (secondary N) is 1. The van der Waals surface area contributed by atoms with E-state index in [1.165, 1.54) is 12.8 Å². The number of urea groups is 1. The standard InChI is InChI=1S/C16H30N4O2/c1-2-6-19-7-3-14(12-19)11-18-16(22)20-8-4-13(5-9-20)10-15(17)21/h13-14H,2-12H2,1H3,(H2,17,21)(H,18,22)/t14-/m1/s1. The highest BCUT2D eigenvalue weighted by Gasteiger charge is 2.26. The minimum absolute atomic E-state index is 0.0477. The molecule has 3 amide bonds. The number of primary amides is 1. The number of amides is 3. The number of carbonyl (C=O) groups excluding carboxylic acids is 2. The molecule has 3 N–H and O–H groups in total. The molecule has 0 saturated carbocycles. The van der Waals surface area contributed by atoms with Crippen molar-refractivity contribution in [3.63, 3.8) is 0 Å². The molecule has 0 bridgehead atoms. The van der Waals surface area contributed by atoms with Gasteiger partial charge < -0.3 is 20.9 Å². The second-order valence-corrected chi connectivity index (χ2v) is 6.74. The van der Waals surface area contributed by atoms with Crippen LogP contribution in [0.1, 0.15) is 39.0 Å². The predicted molar refractivity (Wildman–Crippen MR) is 86.3 cm³/mol. The van der Waals surface area contributed by atoms with Gasteiger partial charge in [-0.3, -0.25) is 4.79 Å². The molecule has 2 heterocycles. The summed E-state index contributed by atoms with van der Waals surface area (Å²) in [7, 11) is 0. The Morgan fingerprint density at radius 2 is 1.82 bits per heavy atom. The van der Waals surface area contributed by atoms with Gasteiger partial charge in [0.05, 0.1) is 0 Å². The molecule has 0 aromatic carbocycles. The van der Waals surface area contributed by atoms with Gasteiger partial charge in [0.15, 0.2) is 0 Å². The molecule has 126 valence electrons. The van der Waals surface area contributed by atoms with Crippen molar-refractivity contribution >= 4 is 11.9 Å². The summed E-state index contributed by atoms with van der Waals surface area (Å²) in [6.07, 6.45) is 4.58. The third kappa shape index (κ3) is 5.16. The van der Waals surface area contributed by atoms with Crippen LogP contribution in [0.15, 0.2) is 0 Å². The number of carbonyl (C=O) groups is 2. The Balaban J connectivity index is 1.63. The van der Waals surface area contributed by atoms with Crippen LogP contribution in [0.4, 0.5) is 4.79 Å². The average Bonchev–Trinajstić information content (AvgIpc) is 2.93.